The van der Waals surface area contributed by atoms with Crippen LogP contribution in [0.1, 0.15) is 17.5 Å². The second-order valence-corrected chi connectivity index (χ2v) is 7.74. The minimum atomic E-state index is -3.54. The summed E-state index contributed by atoms with van der Waals surface area (Å²) in [4.78, 5) is 12.0. The fourth-order valence-electron chi connectivity index (χ4n) is 2.21. The van der Waals surface area contributed by atoms with Gasteiger partial charge in [0.05, 0.1) is 17.4 Å². The van der Waals surface area contributed by atoms with E-state index in [0.717, 1.165) is 5.56 Å². The number of hydrogen-bond acceptors (Lipinski definition) is 4. The molecule has 0 spiro atoms. The molecule has 0 radical (unpaired) electrons. The Morgan fingerprint density at radius 3 is 2.56 bits per heavy atom. The molecule has 0 aliphatic carbocycles. The predicted molar refractivity (Wildman–Crippen MR) is 96.1 cm³/mol. The fourth-order valence-corrected chi connectivity index (χ4v) is 3.31. The van der Waals surface area contributed by atoms with Crippen molar-refractivity contribution in [2.24, 2.45) is 0 Å². The first kappa shape index (κ1) is 18.6. The highest BCUT2D eigenvalue weighted by molar-refractivity contribution is 7.89. The van der Waals surface area contributed by atoms with Crippen LogP contribution in [-0.2, 0) is 21.4 Å². The van der Waals surface area contributed by atoms with Gasteiger partial charge in [-0.3, -0.25) is 4.79 Å². The number of nitrogens with zero attached hydrogens (tertiary/aromatic N) is 2. The molecule has 0 aromatic heterocycles. The van der Waals surface area contributed by atoms with Crippen LogP contribution in [0.15, 0.2) is 54.6 Å². The maximum Gasteiger partial charge on any atom is 0.225 e. The third-order valence-corrected chi connectivity index (χ3v) is 5.38. The van der Waals surface area contributed by atoms with E-state index in [1.807, 2.05) is 36.4 Å². The summed E-state index contributed by atoms with van der Waals surface area (Å²) in [6, 6.07) is 17.7. The molecule has 0 saturated heterocycles. The molecule has 6 nitrogen and oxygen atoms in total. The molecule has 0 saturated carbocycles. The topological polar surface area (TPSA) is 90.3 Å². The zero-order chi connectivity index (χ0) is 18.3. The number of benzene rings is 2. The van der Waals surface area contributed by atoms with Gasteiger partial charge < -0.3 is 5.32 Å². The molecule has 0 atom stereocenters. The van der Waals surface area contributed by atoms with Gasteiger partial charge in [-0.05, 0) is 23.8 Å². The molecule has 130 valence electrons. The van der Waals surface area contributed by atoms with Gasteiger partial charge in [-0.15, -0.1) is 0 Å². The number of nitrogens with one attached hydrogen (secondary N) is 1. The normalized spacial score (nSPS) is 11.1. The van der Waals surface area contributed by atoms with E-state index < -0.39 is 15.9 Å². The molecule has 0 heterocycles. The second kappa shape index (κ2) is 8.42. The number of anilines is 1. The number of nitriles is 1. The van der Waals surface area contributed by atoms with Gasteiger partial charge in [0, 0.05) is 25.7 Å². The summed E-state index contributed by atoms with van der Waals surface area (Å²) >= 11 is 0. The van der Waals surface area contributed by atoms with Crippen molar-refractivity contribution in [3.63, 3.8) is 0 Å². The standard InChI is InChI=1S/C18H19N3O3S/c1-21(14-15-6-3-2-4-7-15)25(23,24)11-10-18(22)20-17-9-5-8-16(12-17)13-19/h2-9,12H,10-11,14H2,1H3,(H,20,22). The molecule has 0 bridgehead atoms. The molecule has 0 aliphatic heterocycles. The van der Waals surface area contributed by atoms with Crippen LogP contribution in [0.25, 0.3) is 0 Å². The van der Waals surface area contributed by atoms with Crippen LogP contribution in [0.3, 0.4) is 0 Å². The zero-order valence-electron chi connectivity index (χ0n) is 13.8. The Morgan fingerprint density at radius 2 is 1.88 bits per heavy atom. The second-order valence-electron chi connectivity index (χ2n) is 5.55. The molecule has 2 aromatic rings. The van der Waals surface area contributed by atoms with Crippen molar-refractivity contribution in [3.8, 4) is 6.07 Å². The Balaban J connectivity index is 1.90. The number of hydrogen-bond donors (Lipinski definition) is 1. The molecule has 2 rings (SSSR count). The molecule has 0 fully saturated rings. The maximum absolute atomic E-state index is 12.3. The first-order valence-corrected chi connectivity index (χ1v) is 9.29. The molecule has 2 aromatic carbocycles. The summed E-state index contributed by atoms with van der Waals surface area (Å²) in [6.07, 6.45) is -0.155. The van der Waals surface area contributed by atoms with Crippen molar-refractivity contribution in [2.45, 2.75) is 13.0 Å². The predicted octanol–water partition coefficient (Wildman–Crippen LogP) is 2.35. The fraction of sp³-hybridized carbons (Fsp3) is 0.222. The lowest BCUT2D eigenvalue weighted by atomic mass is 10.2. The molecular formula is C18H19N3O3S. The van der Waals surface area contributed by atoms with Gasteiger partial charge in [0.25, 0.3) is 0 Å². The largest absolute Gasteiger partial charge is 0.326 e. The van der Waals surface area contributed by atoms with Crippen molar-refractivity contribution in [1.82, 2.24) is 4.31 Å². The van der Waals surface area contributed by atoms with Crippen molar-refractivity contribution < 1.29 is 13.2 Å². The minimum Gasteiger partial charge on any atom is -0.326 e. The monoisotopic (exact) mass is 357 g/mol. The van der Waals surface area contributed by atoms with E-state index in [1.54, 1.807) is 18.2 Å². The van der Waals surface area contributed by atoms with Gasteiger partial charge >= 0.3 is 0 Å². The van der Waals surface area contributed by atoms with Crippen molar-refractivity contribution >= 4 is 21.6 Å². The van der Waals surface area contributed by atoms with E-state index in [-0.39, 0.29) is 18.7 Å². The summed E-state index contributed by atoms with van der Waals surface area (Å²) in [7, 11) is -2.04. The van der Waals surface area contributed by atoms with Crippen LogP contribution >= 0.6 is 0 Å². The molecule has 7 heteroatoms. The summed E-state index contributed by atoms with van der Waals surface area (Å²) in [5.41, 5.74) is 1.78. The lowest BCUT2D eigenvalue weighted by Crippen LogP contribution is -2.30. The molecular weight excluding hydrogens is 338 g/mol. The average Bonchev–Trinajstić information content (AvgIpc) is 2.61. The van der Waals surface area contributed by atoms with Gasteiger partial charge in [-0.2, -0.15) is 5.26 Å². The van der Waals surface area contributed by atoms with Gasteiger partial charge in [0.15, 0.2) is 0 Å². The number of rotatable bonds is 7. The third-order valence-electron chi connectivity index (χ3n) is 3.59. The van der Waals surface area contributed by atoms with Crippen LogP contribution in [0.2, 0.25) is 0 Å². The summed E-state index contributed by atoms with van der Waals surface area (Å²) in [5, 5.41) is 11.4. The highest BCUT2D eigenvalue weighted by Crippen LogP contribution is 2.12. The number of amides is 1. The quantitative estimate of drug-likeness (QED) is 0.823. The number of carbonyl (C=O) groups is 1. The molecule has 25 heavy (non-hydrogen) atoms. The summed E-state index contributed by atoms with van der Waals surface area (Å²) in [6.45, 7) is 0.259. The molecule has 0 aliphatic rings. The summed E-state index contributed by atoms with van der Waals surface area (Å²) < 4.78 is 25.8. The Labute approximate surface area is 147 Å². The lowest BCUT2D eigenvalue weighted by molar-refractivity contribution is -0.115. The lowest BCUT2D eigenvalue weighted by Gasteiger charge is -2.17. The third kappa shape index (κ3) is 5.71. The van der Waals surface area contributed by atoms with Crippen molar-refractivity contribution in [2.75, 3.05) is 18.1 Å². The first-order chi connectivity index (χ1) is 11.9. The Hall–Kier alpha value is -2.69. The van der Waals surface area contributed by atoms with Gasteiger partial charge in [-0.1, -0.05) is 36.4 Å². The maximum atomic E-state index is 12.3. The van der Waals surface area contributed by atoms with Crippen molar-refractivity contribution in [1.29, 1.82) is 5.26 Å². The number of carbonyl (C=O) groups excluding carboxylic acids is 1. The van der Waals surface area contributed by atoms with E-state index in [0.29, 0.717) is 11.3 Å². The molecule has 1 N–H and O–H groups in total. The smallest absolute Gasteiger partial charge is 0.225 e. The highest BCUT2D eigenvalue weighted by atomic mass is 32.2. The summed E-state index contributed by atoms with van der Waals surface area (Å²) in [5.74, 6) is -0.688. The van der Waals surface area contributed by atoms with Crippen LogP contribution in [-0.4, -0.2) is 31.4 Å². The van der Waals surface area contributed by atoms with E-state index >= 15 is 0 Å². The van der Waals surface area contributed by atoms with Crippen LogP contribution < -0.4 is 5.32 Å². The Morgan fingerprint density at radius 1 is 1.16 bits per heavy atom. The Bertz CT molecular complexity index is 874. The van der Waals surface area contributed by atoms with E-state index in [4.69, 9.17) is 5.26 Å². The van der Waals surface area contributed by atoms with Gasteiger partial charge in [-0.25, -0.2) is 12.7 Å². The van der Waals surface area contributed by atoms with E-state index in [9.17, 15) is 13.2 Å². The Kier molecular flexibility index (Phi) is 6.28. The van der Waals surface area contributed by atoms with E-state index in [1.165, 1.54) is 17.4 Å². The van der Waals surface area contributed by atoms with Crippen LogP contribution in [0, 0.1) is 11.3 Å². The van der Waals surface area contributed by atoms with Gasteiger partial charge in [0.2, 0.25) is 15.9 Å². The molecule has 1 amide bonds. The van der Waals surface area contributed by atoms with Crippen LogP contribution in [0.5, 0.6) is 0 Å². The molecule has 0 unspecified atom stereocenters. The van der Waals surface area contributed by atoms with Gasteiger partial charge in [0.1, 0.15) is 0 Å². The minimum absolute atomic E-state index is 0.155. The highest BCUT2D eigenvalue weighted by Gasteiger charge is 2.19. The van der Waals surface area contributed by atoms with Crippen LogP contribution in [0.4, 0.5) is 5.69 Å². The SMILES string of the molecule is CN(Cc1ccccc1)S(=O)(=O)CCC(=O)Nc1cccc(C#N)c1. The van der Waals surface area contributed by atoms with E-state index in [2.05, 4.69) is 5.32 Å². The number of sulfonamides is 1. The first-order valence-electron chi connectivity index (χ1n) is 7.68. The zero-order valence-corrected chi connectivity index (χ0v) is 14.7. The van der Waals surface area contributed by atoms with Crippen molar-refractivity contribution in [3.05, 3.63) is 65.7 Å². The average molecular weight is 357 g/mol.